The Kier molecular flexibility index (Phi) is 11.6. The molecule has 3 aromatic rings. The fourth-order valence-electron chi connectivity index (χ4n) is 8.40. The minimum Gasteiger partial charge on any atom is -0.455 e. The smallest absolute Gasteiger partial charge is 0.313 e. The number of allylic oxidation sites excluding steroid dienone is 1. The molecule has 10 nitrogen and oxygen atoms in total. The van der Waals surface area contributed by atoms with Crippen LogP contribution in [0.4, 0.5) is 5.69 Å². The Hall–Kier alpha value is -4.80. The van der Waals surface area contributed by atoms with Gasteiger partial charge in [-0.25, -0.2) is 0 Å². The van der Waals surface area contributed by atoms with Crippen molar-refractivity contribution in [2.24, 2.45) is 11.8 Å². The molecule has 3 saturated heterocycles. The average Bonchev–Trinajstić information content (AvgIpc) is 3.80. The second-order valence-corrected chi connectivity index (χ2v) is 14.1. The first-order valence-corrected chi connectivity index (χ1v) is 18.4. The van der Waals surface area contributed by atoms with Crippen LogP contribution in [0.15, 0.2) is 98.1 Å². The molecule has 2 bridgehead atoms. The molecule has 0 radical (unpaired) electrons. The van der Waals surface area contributed by atoms with Crippen LogP contribution in [0, 0.1) is 11.8 Å². The van der Waals surface area contributed by atoms with Crippen LogP contribution >= 0.6 is 0 Å². The summed E-state index contributed by atoms with van der Waals surface area (Å²) in [5, 5.41) is 14.4. The summed E-state index contributed by atoms with van der Waals surface area (Å²) >= 11 is 0. The number of ether oxygens (including phenoxy) is 2. The first-order chi connectivity index (χ1) is 25.2. The van der Waals surface area contributed by atoms with E-state index >= 15 is 0 Å². The molecule has 3 heterocycles. The van der Waals surface area contributed by atoms with E-state index in [0.717, 1.165) is 10.8 Å². The molecule has 3 aromatic carbocycles. The van der Waals surface area contributed by atoms with Crippen molar-refractivity contribution in [2.45, 2.75) is 81.8 Å². The number of carbonyl (C=O) groups excluding carboxylic acids is 4. The molecule has 7 atom stereocenters. The van der Waals surface area contributed by atoms with Crippen molar-refractivity contribution >= 4 is 40.2 Å². The topological polar surface area (TPSA) is 125 Å². The number of anilines is 1. The number of hydrogen-bond donors (Lipinski definition) is 2. The molecule has 0 saturated carbocycles. The van der Waals surface area contributed by atoms with Crippen LogP contribution in [0.5, 0.6) is 0 Å². The largest absolute Gasteiger partial charge is 0.455 e. The Morgan fingerprint density at radius 3 is 2.52 bits per heavy atom. The summed E-state index contributed by atoms with van der Waals surface area (Å²) in [6.45, 7) is 9.94. The van der Waals surface area contributed by atoms with Crippen LogP contribution in [-0.4, -0.2) is 77.2 Å². The van der Waals surface area contributed by atoms with Gasteiger partial charge in [0, 0.05) is 31.8 Å². The number of aliphatic hydroxyl groups excluding tert-OH is 1. The molecule has 6 rings (SSSR count). The van der Waals surface area contributed by atoms with Crippen LogP contribution in [0.1, 0.15) is 63.5 Å². The van der Waals surface area contributed by atoms with E-state index in [0.29, 0.717) is 49.8 Å². The van der Waals surface area contributed by atoms with Gasteiger partial charge in [0.05, 0.1) is 24.0 Å². The summed E-state index contributed by atoms with van der Waals surface area (Å²) in [7, 11) is 0. The van der Waals surface area contributed by atoms with Gasteiger partial charge in [-0.15, -0.1) is 13.2 Å². The number of aliphatic hydroxyl groups is 1. The lowest BCUT2D eigenvalue weighted by molar-refractivity contribution is -0.162. The molecule has 52 heavy (non-hydrogen) atoms. The predicted molar refractivity (Wildman–Crippen MR) is 199 cm³/mol. The van der Waals surface area contributed by atoms with Gasteiger partial charge < -0.3 is 29.7 Å². The quantitative estimate of drug-likeness (QED) is 0.106. The molecule has 274 valence electrons. The number of benzene rings is 3. The molecule has 0 aromatic heterocycles. The Morgan fingerprint density at radius 1 is 1.04 bits per heavy atom. The fraction of sp³-hybridized carbons (Fsp3) is 0.429. The molecule has 1 spiro atoms. The summed E-state index contributed by atoms with van der Waals surface area (Å²) in [4.78, 5) is 59.9. The van der Waals surface area contributed by atoms with E-state index in [-0.39, 0.29) is 43.8 Å². The van der Waals surface area contributed by atoms with Gasteiger partial charge in [-0.2, -0.15) is 0 Å². The van der Waals surface area contributed by atoms with Crippen LogP contribution in [0.3, 0.4) is 0 Å². The number of rotatable bonds is 17. The molecule has 3 aliphatic rings. The van der Waals surface area contributed by atoms with Crippen LogP contribution < -0.4 is 10.2 Å². The van der Waals surface area contributed by atoms with Gasteiger partial charge in [-0.1, -0.05) is 72.8 Å². The average molecular weight is 708 g/mol. The number of carbonyl (C=O) groups is 4. The normalized spacial score (nSPS) is 24.3. The summed E-state index contributed by atoms with van der Waals surface area (Å²) in [5.41, 5.74) is 0.162. The van der Waals surface area contributed by atoms with E-state index in [4.69, 9.17) is 9.47 Å². The minimum absolute atomic E-state index is 0.0341. The molecule has 0 unspecified atom stereocenters. The van der Waals surface area contributed by atoms with Crippen LogP contribution in [0.2, 0.25) is 0 Å². The van der Waals surface area contributed by atoms with Crippen molar-refractivity contribution in [3.63, 3.8) is 0 Å². The highest BCUT2D eigenvalue weighted by atomic mass is 16.6. The third-order valence-electron chi connectivity index (χ3n) is 10.8. The molecule has 3 amide bonds. The van der Waals surface area contributed by atoms with Crippen molar-refractivity contribution in [1.82, 2.24) is 10.2 Å². The maximum absolute atomic E-state index is 15.0. The summed E-state index contributed by atoms with van der Waals surface area (Å²) in [5.74, 6) is -3.21. The second kappa shape index (κ2) is 16.3. The molecule has 3 fully saturated rings. The van der Waals surface area contributed by atoms with Crippen molar-refractivity contribution in [2.75, 3.05) is 24.6 Å². The minimum atomic E-state index is -1.22. The highest BCUT2D eigenvalue weighted by Crippen LogP contribution is 2.59. The summed E-state index contributed by atoms with van der Waals surface area (Å²) in [6.07, 6.45) is 5.45. The third kappa shape index (κ3) is 7.14. The number of fused-ring (bicyclic) bond motifs is 2. The molecular weight excluding hydrogens is 658 g/mol. The Labute approximate surface area is 305 Å². The standard InChI is InChI=1S/C42H49N3O7/c1-4-6-19-34(47)43-28(3)37(30-16-9-7-10-17-30)51-41(50)35-33-22-23-42(52-33)36(35)39(48)45(25-13-8-14-26-46)38(42)40(49)44(24-5-2)32-21-20-29-15-11-12-18-31(29)27-32/h4-5,7,9-12,15-18,20-21,27-28,33,35-38,46H,1-2,6,8,13-14,19,22-26H2,3H3,(H,43,47)/t28-,33+,35-,36-,37-,38+,42-/m1/s1. The maximum atomic E-state index is 15.0. The molecule has 10 heteroatoms. The van der Waals surface area contributed by atoms with Crippen LogP contribution in [-0.2, 0) is 28.7 Å². The molecule has 2 N–H and O–H groups in total. The maximum Gasteiger partial charge on any atom is 0.313 e. The van der Waals surface area contributed by atoms with E-state index in [1.165, 1.54) is 0 Å². The summed E-state index contributed by atoms with van der Waals surface area (Å²) in [6, 6.07) is 21.4. The number of esters is 1. The number of nitrogens with zero attached hydrogens (tertiary/aromatic N) is 2. The molecule has 0 aliphatic carbocycles. The van der Waals surface area contributed by atoms with E-state index < -0.39 is 47.7 Å². The zero-order valence-corrected chi connectivity index (χ0v) is 29.8. The van der Waals surface area contributed by atoms with Gasteiger partial charge in [0.2, 0.25) is 11.8 Å². The molecular formula is C42H49N3O7. The fourth-order valence-corrected chi connectivity index (χ4v) is 8.40. The van der Waals surface area contributed by atoms with Crippen molar-refractivity contribution in [3.8, 4) is 0 Å². The number of nitrogens with one attached hydrogen (secondary N) is 1. The van der Waals surface area contributed by atoms with E-state index in [1.54, 1.807) is 28.9 Å². The zero-order valence-electron chi connectivity index (χ0n) is 29.8. The van der Waals surface area contributed by atoms with Gasteiger partial charge in [0.15, 0.2) is 0 Å². The number of amides is 3. The Balaban J connectivity index is 1.32. The number of unbranched alkanes of at least 4 members (excludes halogenated alkanes) is 2. The summed E-state index contributed by atoms with van der Waals surface area (Å²) < 4.78 is 13.0. The molecule has 3 aliphatic heterocycles. The SMILES string of the molecule is C=CCCC(=O)N[C@H](C)[C@@H](OC(=O)[C@@H]1[C@@H]2CC[C@]3(O2)[C@H](C(=O)N(CC=C)c2ccc4ccccc4c2)N(CCCCCO)C(=O)[C@@H]13)c1ccccc1. The highest BCUT2D eigenvalue weighted by molar-refractivity contribution is 6.05. The number of hydrogen-bond acceptors (Lipinski definition) is 7. The van der Waals surface area contributed by atoms with Gasteiger partial charge in [-0.05, 0) is 73.9 Å². The first-order valence-electron chi connectivity index (χ1n) is 18.4. The van der Waals surface area contributed by atoms with Gasteiger partial charge in [-0.3, -0.25) is 19.2 Å². The third-order valence-corrected chi connectivity index (χ3v) is 10.8. The second-order valence-electron chi connectivity index (χ2n) is 14.1. The van der Waals surface area contributed by atoms with Crippen LogP contribution in [0.25, 0.3) is 10.8 Å². The zero-order chi connectivity index (χ0) is 36.8. The van der Waals surface area contributed by atoms with E-state index in [9.17, 15) is 24.3 Å². The Morgan fingerprint density at radius 2 is 1.79 bits per heavy atom. The van der Waals surface area contributed by atoms with Gasteiger partial charge >= 0.3 is 5.97 Å². The lowest BCUT2D eigenvalue weighted by Crippen LogP contribution is -2.56. The van der Waals surface area contributed by atoms with Gasteiger partial charge in [0.25, 0.3) is 5.91 Å². The Bertz CT molecular complexity index is 1800. The predicted octanol–water partition coefficient (Wildman–Crippen LogP) is 5.65. The van der Waals surface area contributed by atoms with E-state index in [1.807, 2.05) is 72.8 Å². The first kappa shape index (κ1) is 37.0. The highest BCUT2D eigenvalue weighted by Gasteiger charge is 2.75. The van der Waals surface area contributed by atoms with E-state index in [2.05, 4.69) is 18.5 Å². The van der Waals surface area contributed by atoms with Crippen molar-refractivity contribution in [1.29, 1.82) is 0 Å². The number of likely N-dealkylation sites (tertiary alicyclic amines) is 1. The van der Waals surface area contributed by atoms with Crippen molar-refractivity contribution in [3.05, 3.63) is 104 Å². The monoisotopic (exact) mass is 707 g/mol. The van der Waals surface area contributed by atoms with Crippen molar-refractivity contribution < 1.29 is 33.8 Å². The lowest BCUT2D eigenvalue weighted by atomic mass is 9.70. The lowest BCUT2D eigenvalue weighted by Gasteiger charge is -2.37. The van der Waals surface area contributed by atoms with Gasteiger partial charge in [0.1, 0.15) is 17.7 Å².